The Kier molecular flexibility index (Phi) is 2.96. The van der Waals surface area contributed by atoms with Crippen molar-refractivity contribution in [2.45, 2.75) is 0 Å². The standard InChI is InChI=1S/C11H8FNO2S/c1-15-11(14)9-6-16-10(13-9)7-3-2-4-8(12)5-7/h2-6H,1H3. The number of thiazole rings is 1. The van der Waals surface area contributed by atoms with Crippen molar-refractivity contribution in [2.24, 2.45) is 0 Å². The van der Waals surface area contributed by atoms with Crippen LogP contribution < -0.4 is 0 Å². The number of hydrogen-bond acceptors (Lipinski definition) is 4. The summed E-state index contributed by atoms with van der Waals surface area (Å²) >= 11 is 1.28. The Bertz CT molecular complexity index is 524. The molecule has 3 nitrogen and oxygen atoms in total. The van der Waals surface area contributed by atoms with Gasteiger partial charge in [-0.25, -0.2) is 14.2 Å². The summed E-state index contributed by atoms with van der Waals surface area (Å²) in [6.45, 7) is 0. The highest BCUT2D eigenvalue weighted by Gasteiger charge is 2.11. The average molecular weight is 237 g/mol. The van der Waals surface area contributed by atoms with Gasteiger partial charge in [0.25, 0.3) is 0 Å². The van der Waals surface area contributed by atoms with Crippen molar-refractivity contribution in [2.75, 3.05) is 7.11 Å². The predicted octanol–water partition coefficient (Wildman–Crippen LogP) is 2.74. The van der Waals surface area contributed by atoms with Gasteiger partial charge >= 0.3 is 5.97 Å². The quantitative estimate of drug-likeness (QED) is 0.754. The molecule has 0 atom stereocenters. The minimum atomic E-state index is -0.487. The van der Waals surface area contributed by atoms with Crippen LogP contribution in [0, 0.1) is 5.82 Å². The van der Waals surface area contributed by atoms with Crippen molar-refractivity contribution in [3.8, 4) is 10.6 Å². The van der Waals surface area contributed by atoms with E-state index in [1.165, 1.54) is 30.6 Å². The van der Waals surface area contributed by atoms with E-state index < -0.39 is 5.97 Å². The second-order valence-corrected chi connectivity index (χ2v) is 3.90. The Morgan fingerprint density at radius 2 is 2.31 bits per heavy atom. The number of esters is 1. The second-order valence-electron chi connectivity index (χ2n) is 3.04. The monoisotopic (exact) mass is 237 g/mol. The second kappa shape index (κ2) is 4.40. The van der Waals surface area contributed by atoms with Crippen LogP contribution in [0.15, 0.2) is 29.6 Å². The summed E-state index contributed by atoms with van der Waals surface area (Å²) in [5, 5.41) is 2.19. The molecule has 2 aromatic rings. The van der Waals surface area contributed by atoms with Crippen molar-refractivity contribution in [3.05, 3.63) is 41.2 Å². The van der Waals surface area contributed by atoms with Crippen LogP contribution in [0.1, 0.15) is 10.5 Å². The minimum Gasteiger partial charge on any atom is -0.464 e. The third kappa shape index (κ3) is 2.09. The number of nitrogens with zero attached hydrogens (tertiary/aromatic N) is 1. The topological polar surface area (TPSA) is 39.2 Å². The maximum Gasteiger partial charge on any atom is 0.357 e. The molecule has 5 heteroatoms. The van der Waals surface area contributed by atoms with E-state index in [4.69, 9.17) is 0 Å². The predicted molar refractivity (Wildman–Crippen MR) is 58.8 cm³/mol. The molecule has 0 saturated heterocycles. The third-order valence-electron chi connectivity index (χ3n) is 1.97. The van der Waals surface area contributed by atoms with Gasteiger partial charge in [-0.1, -0.05) is 12.1 Å². The van der Waals surface area contributed by atoms with Gasteiger partial charge in [-0.2, -0.15) is 0 Å². The summed E-state index contributed by atoms with van der Waals surface area (Å²) in [6, 6.07) is 6.07. The maximum absolute atomic E-state index is 13.0. The molecule has 1 aromatic carbocycles. The first-order valence-corrected chi connectivity index (χ1v) is 5.38. The molecule has 0 spiro atoms. The van der Waals surface area contributed by atoms with Gasteiger partial charge in [0, 0.05) is 10.9 Å². The zero-order chi connectivity index (χ0) is 11.5. The van der Waals surface area contributed by atoms with Crippen LogP contribution in [-0.4, -0.2) is 18.1 Å². The molecule has 0 radical (unpaired) electrons. The lowest BCUT2D eigenvalue weighted by Gasteiger charge is -1.95. The molecule has 0 aliphatic heterocycles. The number of carbonyl (C=O) groups is 1. The fraction of sp³-hybridized carbons (Fsp3) is 0.0909. The van der Waals surface area contributed by atoms with Crippen molar-refractivity contribution in [1.29, 1.82) is 0 Å². The number of rotatable bonds is 2. The number of benzene rings is 1. The lowest BCUT2D eigenvalue weighted by Crippen LogP contribution is -2.00. The van der Waals surface area contributed by atoms with E-state index in [1.807, 2.05) is 0 Å². The van der Waals surface area contributed by atoms with Crippen LogP contribution >= 0.6 is 11.3 Å². The first-order chi connectivity index (χ1) is 7.70. The van der Waals surface area contributed by atoms with E-state index in [0.717, 1.165) is 0 Å². The van der Waals surface area contributed by atoms with Gasteiger partial charge in [0.1, 0.15) is 10.8 Å². The highest BCUT2D eigenvalue weighted by molar-refractivity contribution is 7.13. The molecule has 0 fully saturated rings. The average Bonchev–Trinajstić information content (AvgIpc) is 2.77. The summed E-state index contributed by atoms with van der Waals surface area (Å²) in [5.74, 6) is -0.814. The summed E-state index contributed by atoms with van der Waals surface area (Å²) in [5.41, 5.74) is 0.895. The molecule has 0 bridgehead atoms. The number of ether oxygens (including phenoxy) is 1. The molecule has 0 aliphatic carbocycles. The van der Waals surface area contributed by atoms with Crippen molar-refractivity contribution in [1.82, 2.24) is 4.98 Å². The van der Waals surface area contributed by atoms with Crippen LogP contribution in [0.5, 0.6) is 0 Å². The number of aromatic nitrogens is 1. The Hall–Kier alpha value is -1.75. The van der Waals surface area contributed by atoms with Crippen LogP contribution in [-0.2, 0) is 4.74 Å². The van der Waals surface area contributed by atoms with Gasteiger partial charge in [-0.05, 0) is 12.1 Å². The molecule has 0 N–H and O–H groups in total. The molecule has 16 heavy (non-hydrogen) atoms. The molecular weight excluding hydrogens is 229 g/mol. The van der Waals surface area contributed by atoms with E-state index in [0.29, 0.717) is 10.6 Å². The number of hydrogen-bond donors (Lipinski definition) is 0. The van der Waals surface area contributed by atoms with Crippen LogP contribution in [0.4, 0.5) is 4.39 Å². The van der Waals surface area contributed by atoms with E-state index in [1.54, 1.807) is 17.5 Å². The maximum atomic E-state index is 13.0. The highest BCUT2D eigenvalue weighted by atomic mass is 32.1. The SMILES string of the molecule is COC(=O)c1csc(-c2cccc(F)c2)n1. The molecule has 0 aliphatic rings. The van der Waals surface area contributed by atoms with Crippen LogP contribution in [0.2, 0.25) is 0 Å². The molecule has 0 saturated carbocycles. The summed E-state index contributed by atoms with van der Waals surface area (Å²) in [4.78, 5) is 15.2. The molecule has 0 amide bonds. The van der Waals surface area contributed by atoms with Gasteiger partial charge in [0.15, 0.2) is 5.69 Å². The normalized spacial score (nSPS) is 10.1. The van der Waals surface area contributed by atoms with E-state index in [9.17, 15) is 9.18 Å². The molecular formula is C11H8FNO2S. The lowest BCUT2D eigenvalue weighted by molar-refractivity contribution is 0.0595. The van der Waals surface area contributed by atoms with Gasteiger partial charge in [0.2, 0.25) is 0 Å². The summed E-state index contributed by atoms with van der Waals surface area (Å²) < 4.78 is 17.5. The van der Waals surface area contributed by atoms with Crippen molar-refractivity contribution in [3.63, 3.8) is 0 Å². The Morgan fingerprint density at radius 3 is 3.00 bits per heavy atom. The molecule has 1 heterocycles. The molecule has 0 unspecified atom stereocenters. The smallest absolute Gasteiger partial charge is 0.357 e. The van der Waals surface area contributed by atoms with E-state index in [2.05, 4.69) is 9.72 Å². The third-order valence-corrected chi connectivity index (χ3v) is 2.86. The zero-order valence-electron chi connectivity index (χ0n) is 8.44. The van der Waals surface area contributed by atoms with Gasteiger partial charge in [-0.15, -0.1) is 11.3 Å². The molecule has 82 valence electrons. The zero-order valence-corrected chi connectivity index (χ0v) is 9.25. The van der Waals surface area contributed by atoms with E-state index >= 15 is 0 Å². The van der Waals surface area contributed by atoms with Crippen LogP contribution in [0.25, 0.3) is 10.6 Å². The van der Waals surface area contributed by atoms with Gasteiger partial charge in [-0.3, -0.25) is 0 Å². The first-order valence-electron chi connectivity index (χ1n) is 4.50. The van der Waals surface area contributed by atoms with Gasteiger partial charge < -0.3 is 4.74 Å². The molecule has 1 aromatic heterocycles. The first kappa shape index (κ1) is 10.8. The minimum absolute atomic E-state index is 0.242. The largest absolute Gasteiger partial charge is 0.464 e. The lowest BCUT2D eigenvalue weighted by atomic mass is 10.2. The Morgan fingerprint density at radius 1 is 1.50 bits per heavy atom. The fourth-order valence-electron chi connectivity index (χ4n) is 1.23. The fourth-order valence-corrected chi connectivity index (χ4v) is 2.01. The number of methoxy groups -OCH3 is 1. The van der Waals surface area contributed by atoms with Crippen molar-refractivity contribution < 1.29 is 13.9 Å². The summed E-state index contributed by atoms with van der Waals surface area (Å²) in [7, 11) is 1.30. The number of halogens is 1. The number of carbonyl (C=O) groups excluding carboxylic acids is 1. The van der Waals surface area contributed by atoms with Crippen molar-refractivity contribution >= 4 is 17.3 Å². The van der Waals surface area contributed by atoms with Gasteiger partial charge in [0.05, 0.1) is 7.11 Å². The Labute approximate surface area is 95.5 Å². The summed E-state index contributed by atoms with van der Waals surface area (Å²) in [6.07, 6.45) is 0. The van der Waals surface area contributed by atoms with Crippen LogP contribution in [0.3, 0.4) is 0 Å². The van der Waals surface area contributed by atoms with E-state index in [-0.39, 0.29) is 11.5 Å². The molecule has 2 rings (SSSR count). The Balaban J connectivity index is 2.35. The highest BCUT2D eigenvalue weighted by Crippen LogP contribution is 2.24.